The molecule has 5 heteroatoms. The van der Waals surface area contributed by atoms with Crippen LogP contribution in [0.2, 0.25) is 0 Å². The molecule has 0 aromatic rings. The molecule has 0 unspecified atom stereocenters. The van der Waals surface area contributed by atoms with Gasteiger partial charge in [0.25, 0.3) is 0 Å². The first-order valence-corrected chi connectivity index (χ1v) is 9.46. The monoisotopic (exact) mass is 292 g/mol. The van der Waals surface area contributed by atoms with Crippen molar-refractivity contribution >= 4 is 18.6 Å². The Morgan fingerprint density at radius 2 is 1.27 bits per heavy atom. The third-order valence-electron chi connectivity index (χ3n) is 0.988. The van der Waals surface area contributed by atoms with Crippen LogP contribution in [0.5, 0.6) is 0 Å². The van der Waals surface area contributed by atoms with E-state index in [-0.39, 0.29) is 6.61 Å². The summed E-state index contributed by atoms with van der Waals surface area (Å²) in [5.74, 6) is 1.45. The number of rotatable bonds is 4. The summed E-state index contributed by atoms with van der Waals surface area (Å²) in [7, 11) is 9.78. The molecule has 0 aliphatic heterocycles. The molecule has 0 bridgehead atoms. The zero-order chi connectivity index (χ0) is 12.7. The van der Waals surface area contributed by atoms with Crippen LogP contribution in [0.1, 0.15) is 34.6 Å². The van der Waals surface area contributed by atoms with E-state index in [0.29, 0.717) is 0 Å². The molecular formula is C10H24Cl2NOTi-. The summed E-state index contributed by atoms with van der Waals surface area (Å²) >= 11 is -0.556. The van der Waals surface area contributed by atoms with Crippen LogP contribution in [0.3, 0.4) is 0 Å². The molecule has 0 spiro atoms. The van der Waals surface area contributed by atoms with Gasteiger partial charge in [0.1, 0.15) is 0 Å². The number of nitrogens with zero attached hydrogens (tertiary/aromatic N) is 1. The Labute approximate surface area is 112 Å². The van der Waals surface area contributed by atoms with Gasteiger partial charge in [-0.1, -0.05) is 39.5 Å². The van der Waals surface area contributed by atoms with Crippen molar-refractivity contribution in [1.82, 2.24) is 0 Å². The van der Waals surface area contributed by atoms with Crippen LogP contribution in [0.25, 0.3) is 5.32 Å². The van der Waals surface area contributed by atoms with Gasteiger partial charge in [0.2, 0.25) is 0 Å². The fourth-order valence-corrected chi connectivity index (χ4v) is 0.591. The van der Waals surface area contributed by atoms with Crippen molar-refractivity contribution in [3.63, 3.8) is 0 Å². The van der Waals surface area contributed by atoms with Gasteiger partial charge in [-0.2, -0.15) is 0 Å². The van der Waals surface area contributed by atoms with Crippen molar-refractivity contribution < 1.29 is 22.1 Å². The summed E-state index contributed by atoms with van der Waals surface area (Å²) in [6, 6.07) is 0. The number of aliphatic hydroxyl groups is 1. The van der Waals surface area contributed by atoms with E-state index in [4.69, 9.17) is 23.7 Å². The summed E-state index contributed by atoms with van der Waals surface area (Å²) in [4.78, 5) is 0. The van der Waals surface area contributed by atoms with Crippen LogP contribution in [-0.2, 0) is 17.0 Å². The van der Waals surface area contributed by atoms with Crippen molar-refractivity contribution in [2.24, 2.45) is 11.8 Å². The van der Waals surface area contributed by atoms with Gasteiger partial charge < -0.3 is 10.4 Å². The zero-order valence-electron chi connectivity index (χ0n) is 10.4. The average molecular weight is 293 g/mol. The molecule has 0 aromatic carbocycles. The van der Waals surface area contributed by atoms with Gasteiger partial charge in [0, 0.05) is 6.61 Å². The van der Waals surface area contributed by atoms with E-state index in [9.17, 15) is 0 Å². The fourth-order valence-electron chi connectivity index (χ4n) is 0.591. The Hall–Kier alpha value is 1.21. The first-order chi connectivity index (χ1) is 6.95. The Morgan fingerprint density at radius 3 is 1.40 bits per heavy atom. The molecule has 0 aliphatic rings. The molecule has 0 saturated heterocycles. The second-order valence-corrected chi connectivity index (χ2v) is 6.34. The molecule has 0 amide bonds. The summed E-state index contributed by atoms with van der Waals surface area (Å²) in [6.07, 6.45) is 0. The quantitative estimate of drug-likeness (QED) is 0.780. The van der Waals surface area contributed by atoms with Crippen molar-refractivity contribution in [2.45, 2.75) is 34.6 Å². The number of aliphatic hydroxyl groups excluding tert-OH is 1. The predicted molar refractivity (Wildman–Crippen MR) is 67.2 cm³/mol. The fraction of sp³-hybridized carbons (Fsp3) is 1.00. The molecule has 0 fully saturated rings. The number of halogens is 2. The molecule has 0 aliphatic carbocycles. The van der Waals surface area contributed by atoms with Crippen LogP contribution in [0.4, 0.5) is 0 Å². The average Bonchev–Trinajstić information content (AvgIpc) is 2.05. The van der Waals surface area contributed by atoms with Gasteiger partial charge in [-0.05, 0) is 6.92 Å². The number of hydrogen-bond donors (Lipinski definition) is 1. The van der Waals surface area contributed by atoms with Crippen molar-refractivity contribution in [1.29, 1.82) is 0 Å². The third kappa shape index (κ3) is 51.0. The topological polar surface area (TPSA) is 34.3 Å². The van der Waals surface area contributed by atoms with Crippen LogP contribution in [-0.4, -0.2) is 24.8 Å². The minimum atomic E-state index is -0.556. The molecule has 0 heterocycles. The van der Waals surface area contributed by atoms with Gasteiger partial charge in [0.05, 0.1) is 0 Å². The Balaban J connectivity index is -0.000000200. The van der Waals surface area contributed by atoms with E-state index in [1.165, 1.54) is 0 Å². The Bertz CT molecular complexity index is 85.5. The maximum atomic E-state index is 7.57. The third-order valence-corrected chi connectivity index (χ3v) is 0.988. The Kier molecular flexibility index (Phi) is 29.5. The second-order valence-electron chi connectivity index (χ2n) is 3.76. The molecule has 0 saturated carbocycles. The predicted octanol–water partition coefficient (Wildman–Crippen LogP) is 4.05. The molecule has 0 rings (SSSR count). The second kappa shape index (κ2) is 20.6. The van der Waals surface area contributed by atoms with Crippen molar-refractivity contribution in [2.75, 3.05) is 19.7 Å². The van der Waals surface area contributed by atoms with E-state index < -0.39 is 17.0 Å². The normalized spacial score (nSPS) is 8.93. The van der Waals surface area contributed by atoms with E-state index >= 15 is 0 Å². The van der Waals surface area contributed by atoms with E-state index in [1.807, 2.05) is 0 Å². The Morgan fingerprint density at radius 1 is 1.07 bits per heavy atom. The molecule has 15 heavy (non-hydrogen) atoms. The summed E-state index contributed by atoms with van der Waals surface area (Å²) in [6.45, 7) is 12.8. The van der Waals surface area contributed by atoms with E-state index in [0.717, 1.165) is 24.9 Å². The van der Waals surface area contributed by atoms with Gasteiger partial charge in [0.15, 0.2) is 0 Å². The van der Waals surface area contributed by atoms with Crippen LogP contribution in [0, 0.1) is 11.8 Å². The molecule has 0 radical (unpaired) electrons. The van der Waals surface area contributed by atoms with Gasteiger partial charge in [-0.15, -0.1) is 13.1 Å². The molecule has 2 nitrogen and oxygen atoms in total. The molecule has 0 atom stereocenters. The van der Waals surface area contributed by atoms with Crippen LogP contribution >= 0.6 is 18.6 Å². The SMILES string of the molecule is CC(C)C[N-]CC(C)C.CCO.[Cl][Ti][Cl]. The molecule has 0 aromatic heterocycles. The minimum absolute atomic E-state index is 0.250. The van der Waals surface area contributed by atoms with E-state index in [2.05, 4.69) is 33.0 Å². The zero-order valence-corrected chi connectivity index (χ0v) is 13.5. The van der Waals surface area contributed by atoms with Crippen molar-refractivity contribution in [3.8, 4) is 0 Å². The summed E-state index contributed by atoms with van der Waals surface area (Å²) in [5, 5.41) is 11.9. The summed E-state index contributed by atoms with van der Waals surface area (Å²) in [5.41, 5.74) is 0. The van der Waals surface area contributed by atoms with Gasteiger partial charge in [-0.3, -0.25) is 0 Å². The van der Waals surface area contributed by atoms with Gasteiger partial charge in [-0.25, -0.2) is 0 Å². The first-order valence-electron chi connectivity index (χ1n) is 5.16. The molecule has 94 valence electrons. The molecule has 1 N–H and O–H groups in total. The first kappa shape index (κ1) is 21.5. The number of hydrogen-bond acceptors (Lipinski definition) is 1. The van der Waals surface area contributed by atoms with E-state index in [1.54, 1.807) is 6.92 Å². The van der Waals surface area contributed by atoms with Gasteiger partial charge >= 0.3 is 35.6 Å². The molecular weight excluding hydrogens is 269 g/mol. The van der Waals surface area contributed by atoms with Crippen molar-refractivity contribution in [3.05, 3.63) is 5.32 Å². The standard InChI is InChI=1S/C8H18N.C2H6O.2ClH.Ti/c1-7(2)5-9-6-8(3)4;1-2-3;;;/h7-8H,5-6H2,1-4H3;3H,2H2,1H3;2*1H;/q-1;;;;+2/p-2. The maximum absolute atomic E-state index is 7.57. The summed E-state index contributed by atoms with van der Waals surface area (Å²) < 4.78 is 0. The van der Waals surface area contributed by atoms with Crippen LogP contribution < -0.4 is 0 Å². The van der Waals surface area contributed by atoms with Crippen LogP contribution in [0.15, 0.2) is 0 Å².